The van der Waals surface area contributed by atoms with Crippen molar-refractivity contribution in [2.45, 2.75) is 26.2 Å². The van der Waals surface area contributed by atoms with E-state index in [2.05, 4.69) is 6.58 Å². The van der Waals surface area contributed by atoms with Gasteiger partial charge in [0.2, 0.25) is 0 Å². The van der Waals surface area contributed by atoms with Gasteiger partial charge in [0.25, 0.3) is 0 Å². The van der Waals surface area contributed by atoms with E-state index in [1.165, 1.54) is 5.57 Å². The SMILES string of the molecule is C=CC=CCC1=C(C)CCC1=O. The molecule has 0 aromatic rings. The lowest BCUT2D eigenvalue weighted by atomic mass is 10.1. The van der Waals surface area contributed by atoms with Gasteiger partial charge in [-0.3, -0.25) is 4.79 Å². The molecule has 1 rings (SSSR count). The fourth-order valence-corrected chi connectivity index (χ4v) is 1.41. The van der Waals surface area contributed by atoms with Gasteiger partial charge in [0.05, 0.1) is 0 Å². The van der Waals surface area contributed by atoms with Gasteiger partial charge in [0, 0.05) is 6.42 Å². The molecule has 64 valence electrons. The maximum atomic E-state index is 11.3. The van der Waals surface area contributed by atoms with Crippen LogP contribution in [0.3, 0.4) is 0 Å². The molecule has 0 radical (unpaired) electrons. The monoisotopic (exact) mass is 162 g/mol. The molecule has 0 aromatic heterocycles. The maximum Gasteiger partial charge on any atom is 0.159 e. The van der Waals surface area contributed by atoms with E-state index in [0.717, 1.165) is 18.4 Å². The van der Waals surface area contributed by atoms with Gasteiger partial charge in [-0.15, -0.1) is 0 Å². The van der Waals surface area contributed by atoms with Crippen molar-refractivity contribution < 1.29 is 4.79 Å². The van der Waals surface area contributed by atoms with Crippen LogP contribution in [0.15, 0.2) is 36.0 Å². The van der Waals surface area contributed by atoms with Crippen LogP contribution in [0.5, 0.6) is 0 Å². The van der Waals surface area contributed by atoms with Crippen molar-refractivity contribution in [2.24, 2.45) is 0 Å². The Labute approximate surface area is 73.5 Å². The van der Waals surface area contributed by atoms with Gasteiger partial charge in [0.1, 0.15) is 0 Å². The molecular weight excluding hydrogens is 148 g/mol. The second kappa shape index (κ2) is 4.05. The second-order valence-corrected chi connectivity index (χ2v) is 3.05. The summed E-state index contributed by atoms with van der Waals surface area (Å²) in [6, 6.07) is 0. The minimum atomic E-state index is 0.321. The standard InChI is InChI=1S/C11H14O/c1-3-4-5-6-10-9(2)7-8-11(10)12/h3-5H,1,6-8H2,2H3. The van der Waals surface area contributed by atoms with Gasteiger partial charge in [-0.05, 0) is 25.3 Å². The average molecular weight is 162 g/mol. The van der Waals surface area contributed by atoms with Gasteiger partial charge in [-0.2, -0.15) is 0 Å². The summed E-state index contributed by atoms with van der Waals surface area (Å²) in [5, 5.41) is 0. The van der Waals surface area contributed by atoms with E-state index in [1.807, 2.05) is 19.1 Å². The average Bonchev–Trinajstić information content (AvgIpc) is 2.35. The lowest BCUT2D eigenvalue weighted by Gasteiger charge is -1.95. The second-order valence-electron chi connectivity index (χ2n) is 3.05. The van der Waals surface area contributed by atoms with Crippen LogP contribution in [0.25, 0.3) is 0 Å². The first kappa shape index (κ1) is 8.98. The Morgan fingerprint density at radius 1 is 1.50 bits per heavy atom. The summed E-state index contributed by atoms with van der Waals surface area (Å²) in [7, 11) is 0. The molecule has 1 heteroatoms. The third-order valence-electron chi connectivity index (χ3n) is 2.17. The van der Waals surface area contributed by atoms with E-state index in [0.29, 0.717) is 12.2 Å². The summed E-state index contributed by atoms with van der Waals surface area (Å²) < 4.78 is 0. The molecule has 0 amide bonds. The van der Waals surface area contributed by atoms with Crippen LogP contribution in [-0.4, -0.2) is 5.78 Å². The van der Waals surface area contributed by atoms with Crippen LogP contribution < -0.4 is 0 Å². The molecule has 0 saturated heterocycles. The molecule has 12 heavy (non-hydrogen) atoms. The Bertz CT molecular complexity index is 256. The van der Waals surface area contributed by atoms with Crippen molar-refractivity contribution >= 4 is 5.78 Å². The summed E-state index contributed by atoms with van der Waals surface area (Å²) in [6.07, 6.45) is 8.03. The van der Waals surface area contributed by atoms with E-state index >= 15 is 0 Å². The summed E-state index contributed by atoms with van der Waals surface area (Å²) in [6.45, 7) is 5.62. The zero-order chi connectivity index (χ0) is 8.97. The largest absolute Gasteiger partial charge is 0.295 e. The number of carbonyl (C=O) groups excluding carboxylic acids is 1. The molecule has 0 spiro atoms. The summed E-state index contributed by atoms with van der Waals surface area (Å²) >= 11 is 0. The number of Topliss-reactive ketones (excluding diaryl/α,β-unsaturated/α-hetero) is 1. The third-order valence-corrected chi connectivity index (χ3v) is 2.17. The molecule has 0 bridgehead atoms. The number of rotatable bonds is 3. The lowest BCUT2D eigenvalue weighted by Crippen LogP contribution is -1.94. The van der Waals surface area contributed by atoms with Crippen LogP contribution in [0.1, 0.15) is 26.2 Å². The Morgan fingerprint density at radius 3 is 2.75 bits per heavy atom. The van der Waals surface area contributed by atoms with E-state index < -0.39 is 0 Å². The number of hydrogen-bond donors (Lipinski definition) is 0. The van der Waals surface area contributed by atoms with Crippen LogP contribution in [0, 0.1) is 0 Å². The highest BCUT2D eigenvalue weighted by Gasteiger charge is 2.17. The van der Waals surface area contributed by atoms with Gasteiger partial charge in [-0.25, -0.2) is 0 Å². The third kappa shape index (κ3) is 1.94. The summed E-state index contributed by atoms with van der Waals surface area (Å²) in [4.78, 5) is 11.3. The Hall–Kier alpha value is -1.11. The highest BCUT2D eigenvalue weighted by Crippen LogP contribution is 2.24. The van der Waals surface area contributed by atoms with Crippen molar-refractivity contribution in [3.05, 3.63) is 36.0 Å². The van der Waals surface area contributed by atoms with E-state index in [1.54, 1.807) is 6.08 Å². The van der Waals surface area contributed by atoms with Crippen molar-refractivity contribution in [2.75, 3.05) is 0 Å². The molecule has 0 unspecified atom stereocenters. The normalized spacial score (nSPS) is 17.9. The van der Waals surface area contributed by atoms with Crippen LogP contribution in [-0.2, 0) is 4.79 Å². The van der Waals surface area contributed by atoms with E-state index in [4.69, 9.17) is 0 Å². The minimum Gasteiger partial charge on any atom is -0.295 e. The number of hydrogen-bond acceptors (Lipinski definition) is 1. The molecule has 0 aliphatic heterocycles. The highest BCUT2D eigenvalue weighted by atomic mass is 16.1. The molecule has 0 atom stereocenters. The fourth-order valence-electron chi connectivity index (χ4n) is 1.41. The number of ketones is 1. The maximum absolute atomic E-state index is 11.3. The summed E-state index contributed by atoms with van der Waals surface area (Å²) in [5.74, 6) is 0.321. The quantitative estimate of drug-likeness (QED) is 0.583. The molecule has 0 fully saturated rings. The molecule has 1 aliphatic carbocycles. The van der Waals surface area contributed by atoms with Crippen molar-refractivity contribution in [3.63, 3.8) is 0 Å². The van der Waals surface area contributed by atoms with Gasteiger partial charge < -0.3 is 0 Å². The van der Waals surface area contributed by atoms with Crippen LogP contribution in [0.2, 0.25) is 0 Å². The molecule has 1 aliphatic rings. The molecule has 0 heterocycles. The highest BCUT2D eigenvalue weighted by molar-refractivity contribution is 5.98. The van der Waals surface area contributed by atoms with Crippen molar-refractivity contribution in [1.29, 1.82) is 0 Å². The molecule has 0 N–H and O–H groups in total. The Morgan fingerprint density at radius 2 is 2.25 bits per heavy atom. The van der Waals surface area contributed by atoms with E-state index in [9.17, 15) is 4.79 Å². The predicted octanol–water partition coefficient (Wildman–Crippen LogP) is 2.80. The van der Waals surface area contributed by atoms with Gasteiger partial charge >= 0.3 is 0 Å². The first-order valence-corrected chi connectivity index (χ1v) is 4.25. The minimum absolute atomic E-state index is 0.321. The lowest BCUT2D eigenvalue weighted by molar-refractivity contribution is -0.114. The first-order chi connectivity index (χ1) is 5.75. The zero-order valence-corrected chi connectivity index (χ0v) is 7.47. The number of carbonyl (C=O) groups is 1. The van der Waals surface area contributed by atoms with Gasteiger partial charge in [-0.1, -0.05) is 30.4 Å². The molecule has 1 nitrogen and oxygen atoms in total. The van der Waals surface area contributed by atoms with Crippen molar-refractivity contribution in [3.8, 4) is 0 Å². The van der Waals surface area contributed by atoms with Gasteiger partial charge in [0.15, 0.2) is 5.78 Å². The fraction of sp³-hybridized carbons (Fsp3) is 0.364. The van der Waals surface area contributed by atoms with E-state index in [-0.39, 0.29) is 0 Å². The van der Waals surface area contributed by atoms with Crippen LogP contribution >= 0.6 is 0 Å². The predicted molar refractivity (Wildman–Crippen MR) is 50.9 cm³/mol. The smallest absolute Gasteiger partial charge is 0.159 e. The zero-order valence-electron chi connectivity index (χ0n) is 7.47. The molecule has 0 saturated carbocycles. The first-order valence-electron chi connectivity index (χ1n) is 4.25. The molecular formula is C11H14O. The Balaban J connectivity index is 2.61. The molecule has 0 aromatic carbocycles. The van der Waals surface area contributed by atoms with Crippen molar-refractivity contribution in [1.82, 2.24) is 0 Å². The Kier molecular flexibility index (Phi) is 3.03. The topological polar surface area (TPSA) is 17.1 Å². The number of allylic oxidation sites excluding steroid dienone is 5. The summed E-state index contributed by atoms with van der Waals surface area (Å²) in [5.41, 5.74) is 2.27. The van der Waals surface area contributed by atoms with Crippen LogP contribution in [0.4, 0.5) is 0 Å².